The molecule has 0 radical (unpaired) electrons. The summed E-state index contributed by atoms with van der Waals surface area (Å²) < 4.78 is 5.40. The predicted octanol–water partition coefficient (Wildman–Crippen LogP) is 1.87. The normalized spacial score (nSPS) is 14.4. The van der Waals surface area contributed by atoms with Gasteiger partial charge in [0.15, 0.2) is 5.96 Å². The lowest BCUT2D eigenvalue weighted by atomic mass is 10.2. The number of morpholine rings is 1. The summed E-state index contributed by atoms with van der Waals surface area (Å²) in [7, 11) is 3.51. The number of nitrogens with one attached hydrogen (secondary N) is 2. The third kappa shape index (κ3) is 11.3. The molecule has 0 unspecified atom stereocenters. The second-order valence-electron chi connectivity index (χ2n) is 7.88. The van der Waals surface area contributed by atoms with Crippen molar-refractivity contribution in [2.75, 3.05) is 84.6 Å². The Balaban J connectivity index is 0.00000512. The highest BCUT2D eigenvalue weighted by Gasteiger charge is 2.10. The molecule has 2 rings (SSSR count). The highest BCUT2D eigenvalue weighted by atomic mass is 127. The molecule has 0 saturated carbocycles. The van der Waals surface area contributed by atoms with Crippen LogP contribution in [0.5, 0.6) is 0 Å². The van der Waals surface area contributed by atoms with Crippen molar-refractivity contribution in [1.29, 1.82) is 0 Å². The lowest BCUT2D eigenvalue weighted by Crippen LogP contribution is -2.42. The van der Waals surface area contributed by atoms with Crippen molar-refractivity contribution < 1.29 is 9.53 Å². The van der Waals surface area contributed by atoms with Crippen molar-refractivity contribution in [3.05, 3.63) is 30.3 Å². The van der Waals surface area contributed by atoms with E-state index in [1.807, 2.05) is 6.07 Å². The maximum absolute atomic E-state index is 11.9. The summed E-state index contributed by atoms with van der Waals surface area (Å²) in [6.07, 6.45) is 2.01. The molecule has 1 aromatic carbocycles. The van der Waals surface area contributed by atoms with Crippen molar-refractivity contribution in [3.8, 4) is 0 Å². The van der Waals surface area contributed by atoms with Crippen LogP contribution in [0.25, 0.3) is 0 Å². The first kappa shape index (κ1) is 28.4. The molecule has 1 fully saturated rings. The molecule has 0 bridgehead atoms. The number of carbonyl (C=O) groups excluding carboxylic acids is 1. The van der Waals surface area contributed by atoms with Crippen molar-refractivity contribution >= 4 is 41.5 Å². The van der Waals surface area contributed by atoms with Gasteiger partial charge in [0, 0.05) is 59.1 Å². The van der Waals surface area contributed by atoms with Crippen molar-refractivity contribution in [3.63, 3.8) is 0 Å². The van der Waals surface area contributed by atoms with Crippen LogP contribution in [0.4, 0.5) is 5.69 Å². The summed E-state index contributed by atoms with van der Waals surface area (Å²) in [6.45, 7) is 10.6. The zero-order valence-electron chi connectivity index (χ0n) is 19.9. The van der Waals surface area contributed by atoms with E-state index in [-0.39, 0.29) is 36.4 Å². The van der Waals surface area contributed by atoms with E-state index in [1.54, 1.807) is 19.0 Å². The number of anilines is 1. The molecule has 182 valence electrons. The number of guanidine groups is 1. The molecule has 1 heterocycles. The van der Waals surface area contributed by atoms with Gasteiger partial charge in [-0.25, -0.2) is 4.99 Å². The van der Waals surface area contributed by atoms with Crippen molar-refractivity contribution in [2.24, 2.45) is 4.99 Å². The number of para-hydroxylation sites is 1. The second-order valence-corrected chi connectivity index (χ2v) is 7.88. The number of hydrogen-bond acceptors (Lipinski definition) is 5. The van der Waals surface area contributed by atoms with Gasteiger partial charge in [0.25, 0.3) is 0 Å². The van der Waals surface area contributed by atoms with Crippen molar-refractivity contribution in [1.82, 2.24) is 20.4 Å². The summed E-state index contributed by atoms with van der Waals surface area (Å²) in [5, 5.41) is 6.78. The Morgan fingerprint density at radius 3 is 2.38 bits per heavy atom. The number of rotatable bonds is 12. The molecule has 1 aromatic rings. The SMILES string of the molecule is CCN(CCCNC(=NCC(=O)N(C)C)NCCCN1CCOCC1)c1ccccc1.I. The molecule has 1 saturated heterocycles. The maximum atomic E-state index is 11.9. The van der Waals surface area contributed by atoms with Crippen LogP contribution in [-0.2, 0) is 9.53 Å². The van der Waals surface area contributed by atoms with Gasteiger partial charge < -0.3 is 25.2 Å². The van der Waals surface area contributed by atoms with Crippen LogP contribution < -0.4 is 15.5 Å². The first-order valence-corrected chi connectivity index (χ1v) is 11.4. The van der Waals surface area contributed by atoms with E-state index in [0.717, 1.165) is 71.9 Å². The van der Waals surface area contributed by atoms with Gasteiger partial charge in [-0.2, -0.15) is 0 Å². The average molecular weight is 561 g/mol. The largest absolute Gasteiger partial charge is 0.379 e. The fourth-order valence-corrected chi connectivity index (χ4v) is 3.38. The van der Waals surface area contributed by atoms with Gasteiger partial charge >= 0.3 is 0 Å². The van der Waals surface area contributed by atoms with Gasteiger partial charge in [0.1, 0.15) is 6.54 Å². The Kier molecular flexibility index (Phi) is 15.1. The van der Waals surface area contributed by atoms with E-state index < -0.39 is 0 Å². The Morgan fingerprint density at radius 2 is 1.75 bits per heavy atom. The predicted molar refractivity (Wildman–Crippen MR) is 143 cm³/mol. The molecule has 8 nitrogen and oxygen atoms in total. The fraction of sp³-hybridized carbons (Fsp3) is 0.652. The van der Waals surface area contributed by atoms with Gasteiger partial charge in [-0.15, -0.1) is 24.0 Å². The number of halogens is 1. The monoisotopic (exact) mass is 560 g/mol. The van der Waals surface area contributed by atoms with E-state index in [2.05, 4.69) is 56.6 Å². The zero-order valence-corrected chi connectivity index (χ0v) is 22.2. The fourth-order valence-electron chi connectivity index (χ4n) is 3.38. The number of aliphatic imine (C=N–C) groups is 1. The number of hydrogen-bond donors (Lipinski definition) is 2. The number of nitrogens with zero attached hydrogens (tertiary/aromatic N) is 4. The number of carbonyl (C=O) groups is 1. The molecular formula is C23H41IN6O2. The smallest absolute Gasteiger partial charge is 0.243 e. The van der Waals surface area contributed by atoms with Crippen LogP contribution in [0.1, 0.15) is 19.8 Å². The van der Waals surface area contributed by atoms with Gasteiger partial charge in [0.05, 0.1) is 13.2 Å². The summed E-state index contributed by atoms with van der Waals surface area (Å²) in [5.41, 5.74) is 1.25. The van der Waals surface area contributed by atoms with Crippen LogP contribution in [0.15, 0.2) is 35.3 Å². The van der Waals surface area contributed by atoms with Crippen LogP contribution in [-0.4, -0.2) is 101 Å². The molecule has 0 aromatic heterocycles. The lowest BCUT2D eigenvalue weighted by Gasteiger charge is -2.26. The van der Waals surface area contributed by atoms with E-state index in [1.165, 1.54) is 5.69 Å². The molecule has 1 aliphatic rings. The Hall–Kier alpha value is -1.59. The topological polar surface area (TPSA) is 72.4 Å². The minimum atomic E-state index is -0.00403. The average Bonchev–Trinajstić information content (AvgIpc) is 2.80. The molecule has 1 aliphatic heterocycles. The quantitative estimate of drug-likeness (QED) is 0.176. The maximum Gasteiger partial charge on any atom is 0.243 e. The Morgan fingerprint density at radius 1 is 1.09 bits per heavy atom. The minimum Gasteiger partial charge on any atom is -0.379 e. The molecule has 0 aliphatic carbocycles. The Bertz CT molecular complexity index is 653. The van der Waals surface area contributed by atoms with Crippen LogP contribution in [0, 0.1) is 0 Å². The van der Waals surface area contributed by atoms with E-state index >= 15 is 0 Å². The van der Waals surface area contributed by atoms with Gasteiger partial charge in [-0.3, -0.25) is 9.69 Å². The van der Waals surface area contributed by atoms with Crippen LogP contribution in [0.3, 0.4) is 0 Å². The summed E-state index contributed by atoms with van der Waals surface area (Å²) in [5.74, 6) is 0.704. The third-order valence-electron chi connectivity index (χ3n) is 5.32. The molecule has 32 heavy (non-hydrogen) atoms. The minimum absolute atomic E-state index is 0. The lowest BCUT2D eigenvalue weighted by molar-refractivity contribution is -0.127. The van der Waals surface area contributed by atoms with Gasteiger partial charge in [-0.05, 0) is 38.4 Å². The zero-order chi connectivity index (χ0) is 22.3. The molecule has 1 amide bonds. The summed E-state index contributed by atoms with van der Waals surface area (Å²) in [6, 6.07) is 10.5. The standard InChI is InChI=1S/C23H40N6O2.HI/c1-4-29(21-10-6-5-7-11-21)15-9-13-25-23(26-20-22(30)27(2)3)24-12-8-14-28-16-18-31-19-17-28;/h5-7,10-11H,4,8-9,12-20H2,1-3H3,(H2,24,25,26);1H. The Labute approximate surface area is 210 Å². The molecule has 9 heteroatoms. The highest BCUT2D eigenvalue weighted by molar-refractivity contribution is 14.0. The summed E-state index contributed by atoms with van der Waals surface area (Å²) in [4.78, 5) is 22.8. The second kappa shape index (κ2) is 17.0. The molecule has 2 N–H and O–H groups in total. The van der Waals surface area contributed by atoms with Gasteiger partial charge in [-0.1, -0.05) is 18.2 Å². The number of amides is 1. The first-order valence-electron chi connectivity index (χ1n) is 11.4. The van der Waals surface area contributed by atoms with Gasteiger partial charge in [0.2, 0.25) is 5.91 Å². The molecule has 0 spiro atoms. The highest BCUT2D eigenvalue weighted by Crippen LogP contribution is 2.12. The van der Waals surface area contributed by atoms with Crippen LogP contribution in [0.2, 0.25) is 0 Å². The van der Waals surface area contributed by atoms with Crippen molar-refractivity contribution in [2.45, 2.75) is 19.8 Å². The van der Waals surface area contributed by atoms with E-state index in [4.69, 9.17) is 4.74 Å². The third-order valence-corrected chi connectivity index (χ3v) is 5.32. The number of benzene rings is 1. The molecule has 0 atom stereocenters. The van der Waals surface area contributed by atoms with E-state index in [0.29, 0.717) is 5.96 Å². The molecular weight excluding hydrogens is 519 g/mol. The van der Waals surface area contributed by atoms with Crippen LogP contribution >= 0.6 is 24.0 Å². The van der Waals surface area contributed by atoms with E-state index in [9.17, 15) is 4.79 Å². The first-order chi connectivity index (χ1) is 15.1. The number of ether oxygens (including phenoxy) is 1. The number of likely N-dealkylation sites (N-methyl/N-ethyl adjacent to an activating group) is 1. The summed E-state index contributed by atoms with van der Waals surface area (Å²) >= 11 is 0.